The standard InChI is InChI=1S/C9H6BrF3N2O/c10-7-5-6(15-4-3-14)1-2-8(7)16-9(11,12)13/h1-2,5,15H,4H2. The van der Waals surface area contributed by atoms with E-state index in [-0.39, 0.29) is 16.8 Å². The van der Waals surface area contributed by atoms with Crippen molar-refractivity contribution in [2.45, 2.75) is 6.36 Å². The summed E-state index contributed by atoms with van der Waals surface area (Å²) in [5.41, 5.74) is 0.531. The number of nitrogens with zero attached hydrogens (tertiary/aromatic N) is 1. The molecule has 0 heterocycles. The molecule has 1 N–H and O–H groups in total. The molecule has 0 spiro atoms. The van der Waals surface area contributed by atoms with Crippen molar-refractivity contribution in [3.05, 3.63) is 22.7 Å². The van der Waals surface area contributed by atoms with E-state index < -0.39 is 6.36 Å². The molecule has 0 radical (unpaired) electrons. The molecule has 3 nitrogen and oxygen atoms in total. The van der Waals surface area contributed by atoms with Crippen LogP contribution < -0.4 is 10.1 Å². The van der Waals surface area contributed by atoms with Crippen LogP contribution in [0.25, 0.3) is 0 Å². The second kappa shape index (κ2) is 5.07. The number of nitriles is 1. The third-order valence-corrected chi connectivity index (χ3v) is 2.15. The maximum atomic E-state index is 11.9. The van der Waals surface area contributed by atoms with Crippen molar-refractivity contribution in [3.8, 4) is 11.8 Å². The number of ether oxygens (including phenoxy) is 1. The molecule has 16 heavy (non-hydrogen) atoms. The highest BCUT2D eigenvalue weighted by Crippen LogP contribution is 2.32. The van der Waals surface area contributed by atoms with E-state index in [0.717, 1.165) is 6.07 Å². The molecule has 1 aromatic carbocycles. The van der Waals surface area contributed by atoms with Crippen LogP contribution in [-0.4, -0.2) is 12.9 Å². The Morgan fingerprint density at radius 3 is 2.62 bits per heavy atom. The van der Waals surface area contributed by atoms with E-state index in [4.69, 9.17) is 5.26 Å². The second-order valence-corrected chi connectivity index (χ2v) is 3.56. The van der Waals surface area contributed by atoms with E-state index in [1.807, 2.05) is 6.07 Å². The second-order valence-electron chi connectivity index (χ2n) is 2.70. The minimum atomic E-state index is -4.72. The van der Waals surface area contributed by atoms with Gasteiger partial charge >= 0.3 is 6.36 Å². The zero-order chi connectivity index (χ0) is 12.2. The third kappa shape index (κ3) is 3.98. The van der Waals surface area contributed by atoms with Gasteiger partial charge in [-0.3, -0.25) is 0 Å². The summed E-state index contributed by atoms with van der Waals surface area (Å²) in [5, 5.41) is 11.0. The first kappa shape index (κ1) is 12.6. The van der Waals surface area contributed by atoms with Crippen LogP contribution in [0.3, 0.4) is 0 Å². The molecular formula is C9H6BrF3N2O. The topological polar surface area (TPSA) is 45.0 Å². The van der Waals surface area contributed by atoms with Gasteiger partial charge in [0.2, 0.25) is 0 Å². The number of anilines is 1. The van der Waals surface area contributed by atoms with Gasteiger partial charge in [-0.25, -0.2) is 0 Å². The van der Waals surface area contributed by atoms with Crippen LogP contribution in [0, 0.1) is 11.3 Å². The first-order chi connectivity index (χ1) is 7.42. The summed E-state index contributed by atoms with van der Waals surface area (Å²) in [6, 6.07) is 5.81. The van der Waals surface area contributed by atoms with Crippen molar-refractivity contribution in [2.24, 2.45) is 0 Å². The fourth-order valence-corrected chi connectivity index (χ4v) is 1.42. The average Bonchev–Trinajstić information content (AvgIpc) is 2.17. The summed E-state index contributed by atoms with van der Waals surface area (Å²) in [5.74, 6) is -0.324. The van der Waals surface area contributed by atoms with Crippen LogP contribution >= 0.6 is 15.9 Å². The number of nitrogens with one attached hydrogen (secondary N) is 1. The molecule has 0 saturated heterocycles. The zero-order valence-electron chi connectivity index (χ0n) is 7.81. The van der Waals surface area contributed by atoms with E-state index in [0.29, 0.717) is 5.69 Å². The van der Waals surface area contributed by atoms with Gasteiger partial charge in [-0.2, -0.15) is 5.26 Å². The maximum Gasteiger partial charge on any atom is 0.573 e. The van der Waals surface area contributed by atoms with Crippen molar-refractivity contribution in [3.63, 3.8) is 0 Å². The Morgan fingerprint density at radius 2 is 2.12 bits per heavy atom. The summed E-state index contributed by atoms with van der Waals surface area (Å²) in [4.78, 5) is 0. The first-order valence-corrected chi connectivity index (χ1v) is 4.88. The van der Waals surface area contributed by atoms with E-state index in [1.165, 1.54) is 12.1 Å². The number of rotatable bonds is 3. The minimum Gasteiger partial charge on any atom is -0.405 e. The highest BCUT2D eigenvalue weighted by molar-refractivity contribution is 9.10. The quantitative estimate of drug-likeness (QED) is 0.870. The number of benzene rings is 1. The molecule has 0 bridgehead atoms. The third-order valence-electron chi connectivity index (χ3n) is 1.53. The lowest BCUT2D eigenvalue weighted by molar-refractivity contribution is -0.274. The van der Waals surface area contributed by atoms with E-state index in [2.05, 4.69) is 26.0 Å². The molecule has 0 aromatic heterocycles. The Morgan fingerprint density at radius 1 is 1.44 bits per heavy atom. The van der Waals surface area contributed by atoms with Crippen LogP contribution in [0.5, 0.6) is 5.75 Å². The molecule has 1 rings (SSSR count). The Balaban J connectivity index is 2.80. The lowest BCUT2D eigenvalue weighted by Gasteiger charge is -2.11. The van der Waals surface area contributed by atoms with Crippen molar-refractivity contribution in [2.75, 3.05) is 11.9 Å². The van der Waals surface area contributed by atoms with Gasteiger partial charge in [0.05, 0.1) is 10.5 Å². The van der Waals surface area contributed by atoms with Crippen molar-refractivity contribution < 1.29 is 17.9 Å². The molecule has 1 aromatic rings. The van der Waals surface area contributed by atoms with Gasteiger partial charge in [0.15, 0.2) is 0 Å². The molecule has 0 amide bonds. The largest absolute Gasteiger partial charge is 0.573 e. The Kier molecular flexibility index (Phi) is 4.01. The molecule has 0 aliphatic rings. The monoisotopic (exact) mass is 294 g/mol. The van der Waals surface area contributed by atoms with Gasteiger partial charge in [-0.15, -0.1) is 13.2 Å². The molecule has 0 aliphatic heterocycles. The van der Waals surface area contributed by atoms with Crippen LogP contribution in [0.4, 0.5) is 18.9 Å². The predicted octanol–water partition coefficient (Wildman–Crippen LogP) is 3.28. The van der Waals surface area contributed by atoms with E-state index in [1.54, 1.807) is 0 Å². The zero-order valence-corrected chi connectivity index (χ0v) is 9.39. The summed E-state index contributed by atoms with van der Waals surface area (Å²) in [6.45, 7) is 0.0753. The molecule has 86 valence electrons. The summed E-state index contributed by atoms with van der Waals surface area (Å²) < 4.78 is 39.7. The van der Waals surface area contributed by atoms with Crippen LogP contribution in [-0.2, 0) is 0 Å². The predicted molar refractivity (Wildman–Crippen MR) is 54.9 cm³/mol. The van der Waals surface area contributed by atoms with Gasteiger partial charge in [0.1, 0.15) is 12.3 Å². The lowest BCUT2D eigenvalue weighted by Crippen LogP contribution is -2.17. The molecule has 0 unspecified atom stereocenters. The van der Waals surface area contributed by atoms with Crippen molar-refractivity contribution >= 4 is 21.6 Å². The number of alkyl halides is 3. The van der Waals surface area contributed by atoms with Gasteiger partial charge in [0, 0.05) is 5.69 Å². The highest BCUT2D eigenvalue weighted by atomic mass is 79.9. The number of halogens is 4. The molecule has 0 atom stereocenters. The van der Waals surface area contributed by atoms with Gasteiger partial charge < -0.3 is 10.1 Å². The van der Waals surface area contributed by atoms with Crippen molar-refractivity contribution in [1.82, 2.24) is 0 Å². The molecule has 7 heteroatoms. The SMILES string of the molecule is N#CCNc1ccc(OC(F)(F)F)c(Br)c1. The summed E-state index contributed by atoms with van der Waals surface area (Å²) >= 11 is 2.94. The summed E-state index contributed by atoms with van der Waals surface area (Å²) in [6.07, 6.45) is -4.72. The highest BCUT2D eigenvalue weighted by Gasteiger charge is 2.31. The number of hydrogen-bond acceptors (Lipinski definition) is 3. The maximum absolute atomic E-state index is 11.9. The van der Waals surface area contributed by atoms with E-state index >= 15 is 0 Å². The lowest BCUT2D eigenvalue weighted by atomic mass is 10.3. The molecule has 0 saturated carbocycles. The first-order valence-electron chi connectivity index (χ1n) is 4.08. The van der Waals surface area contributed by atoms with Crippen LogP contribution in [0.2, 0.25) is 0 Å². The summed E-state index contributed by atoms with van der Waals surface area (Å²) in [7, 11) is 0. The Hall–Kier alpha value is -1.42. The molecule has 0 fully saturated rings. The fraction of sp³-hybridized carbons (Fsp3) is 0.222. The normalized spacial score (nSPS) is 10.7. The number of hydrogen-bond donors (Lipinski definition) is 1. The van der Waals surface area contributed by atoms with E-state index in [9.17, 15) is 13.2 Å². The van der Waals surface area contributed by atoms with Crippen LogP contribution in [0.15, 0.2) is 22.7 Å². The van der Waals surface area contributed by atoms with Gasteiger partial charge in [-0.05, 0) is 34.1 Å². The average molecular weight is 295 g/mol. The minimum absolute atomic E-state index is 0.0753. The van der Waals surface area contributed by atoms with Gasteiger partial charge in [0.25, 0.3) is 0 Å². The smallest absolute Gasteiger partial charge is 0.405 e. The Bertz CT molecular complexity index is 414. The Labute approximate surface area is 97.9 Å². The van der Waals surface area contributed by atoms with Gasteiger partial charge in [-0.1, -0.05) is 0 Å². The fourth-order valence-electron chi connectivity index (χ4n) is 0.960. The van der Waals surface area contributed by atoms with Crippen LogP contribution in [0.1, 0.15) is 0 Å². The molecular weight excluding hydrogens is 289 g/mol. The van der Waals surface area contributed by atoms with Crippen molar-refractivity contribution in [1.29, 1.82) is 5.26 Å². The molecule has 0 aliphatic carbocycles.